The van der Waals surface area contributed by atoms with Gasteiger partial charge in [-0.1, -0.05) is 13.8 Å². The molecule has 0 aliphatic heterocycles. The van der Waals surface area contributed by atoms with Crippen molar-refractivity contribution in [2.75, 3.05) is 39.6 Å². The fourth-order valence-electron chi connectivity index (χ4n) is 2.79. The molecule has 3 amide bonds. The van der Waals surface area contributed by atoms with Gasteiger partial charge < -0.3 is 45.5 Å². The molecule has 0 unspecified atom stereocenters. The number of carbonyl (C=O) groups excluding carboxylic acids is 3. The van der Waals surface area contributed by atoms with Crippen LogP contribution in [-0.2, 0) is 38.2 Å². The molecular weight excluding hydrogens is 510 g/mol. The number of hydrogen-bond donors (Lipinski definition) is 6. The Morgan fingerprint density at radius 2 is 1.26 bits per heavy atom. The predicted octanol–water partition coefficient (Wildman–Crippen LogP) is -0.0342. The average Bonchev–Trinajstić information content (AvgIpc) is 2.83. The number of unbranched alkanes of at least 4 members (excludes halogenated alkanes) is 1. The lowest BCUT2D eigenvalue weighted by molar-refractivity contribution is -0.149. The Morgan fingerprint density at radius 3 is 1.82 bits per heavy atom. The largest absolute Gasteiger partial charge is 0.481 e. The molecule has 15 nitrogen and oxygen atoms in total. The molecule has 0 aromatic rings. The van der Waals surface area contributed by atoms with Crippen LogP contribution in [0, 0.1) is 5.92 Å². The fraction of sp³-hybridized carbons (Fsp3) is 0.739. The zero-order valence-electron chi connectivity index (χ0n) is 21.7. The minimum atomic E-state index is -1.48. The van der Waals surface area contributed by atoms with Crippen molar-refractivity contribution in [3.63, 3.8) is 0 Å². The van der Waals surface area contributed by atoms with Crippen LogP contribution in [0.3, 0.4) is 0 Å². The van der Waals surface area contributed by atoms with Crippen LogP contribution in [0.1, 0.15) is 52.4 Å². The van der Waals surface area contributed by atoms with Gasteiger partial charge in [0.2, 0.25) is 5.91 Å². The van der Waals surface area contributed by atoms with Crippen molar-refractivity contribution in [3.05, 3.63) is 0 Å². The molecule has 6 N–H and O–H groups in total. The third kappa shape index (κ3) is 18.8. The van der Waals surface area contributed by atoms with E-state index in [0.717, 1.165) is 0 Å². The first kappa shape index (κ1) is 34.5. The molecule has 0 spiro atoms. The van der Waals surface area contributed by atoms with Gasteiger partial charge in [0.15, 0.2) is 0 Å². The summed E-state index contributed by atoms with van der Waals surface area (Å²) in [6.45, 7) is 4.91. The molecule has 2 atom stereocenters. The van der Waals surface area contributed by atoms with Gasteiger partial charge in [0, 0.05) is 19.4 Å². The first-order chi connectivity index (χ1) is 17.9. The van der Waals surface area contributed by atoms with Gasteiger partial charge in [0.05, 0.1) is 32.3 Å². The van der Waals surface area contributed by atoms with Crippen LogP contribution in [0.4, 0.5) is 4.79 Å². The summed E-state index contributed by atoms with van der Waals surface area (Å²) in [6, 6.07) is -3.81. The first-order valence-corrected chi connectivity index (χ1v) is 12.3. The van der Waals surface area contributed by atoms with Crippen LogP contribution in [0.2, 0.25) is 0 Å². The SMILES string of the molecule is CC(C)C(=O)OCCOCCOCCC(=O)NCCCC[C@H](NC(=O)N[C@@H](CCC(=O)O)C(=O)O)C(=O)O. The predicted molar refractivity (Wildman–Crippen MR) is 130 cm³/mol. The van der Waals surface area contributed by atoms with Crippen molar-refractivity contribution in [1.29, 1.82) is 0 Å². The number of aliphatic carboxylic acids is 3. The Bertz CT molecular complexity index is 775. The molecule has 0 aliphatic carbocycles. The molecule has 0 aliphatic rings. The van der Waals surface area contributed by atoms with Crippen molar-refractivity contribution in [2.24, 2.45) is 5.92 Å². The molecule has 0 bridgehead atoms. The summed E-state index contributed by atoms with van der Waals surface area (Å²) in [7, 11) is 0. The Morgan fingerprint density at radius 1 is 0.711 bits per heavy atom. The maximum atomic E-state index is 12.0. The van der Waals surface area contributed by atoms with E-state index in [2.05, 4.69) is 16.0 Å². The number of carbonyl (C=O) groups is 6. The lowest BCUT2D eigenvalue weighted by atomic mass is 10.1. The van der Waals surface area contributed by atoms with Crippen molar-refractivity contribution in [2.45, 2.75) is 64.5 Å². The van der Waals surface area contributed by atoms with Gasteiger partial charge in [0.25, 0.3) is 0 Å². The van der Waals surface area contributed by atoms with Gasteiger partial charge in [-0.2, -0.15) is 0 Å². The Hall–Kier alpha value is -3.46. The van der Waals surface area contributed by atoms with Crippen LogP contribution in [0.5, 0.6) is 0 Å². The normalized spacial score (nSPS) is 12.3. The minimum absolute atomic E-state index is 0.0330. The smallest absolute Gasteiger partial charge is 0.326 e. The highest BCUT2D eigenvalue weighted by Gasteiger charge is 2.24. The van der Waals surface area contributed by atoms with Crippen molar-refractivity contribution in [1.82, 2.24) is 16.0 Å². The maximum absolute atomic E-state index is 12.0. The molecule has 15 heteroatoms. The summed E-state index contributed by atoms with van der Waals surface area (Å²) < 4.78 is 15.5. The van der Waals surface area contributed by atoms with Crippen LogP contribution in [-0.4, -0.2) is 103 Å². The van der Waals surface area contributed by atoms with Gasteiger partial charge in [-0.25, -0.2) is 14.4 Å². The topological polar surface area (TPSA) is 227 Å². The second kappa shape index (κ2) is 20.6. The summed E-state index contributed by atoms with van der Waals surface area (Å²) in [6.07, 6.45) is 0.101. The van der Waals surface area contributed by atoms with E-state index >= 15 is 0 Å². The van der Waals surface area contributed by atoms with E-state index in [0.29, 0.717) is 12.8 Å². The van der Waals surface area contributed by atoms with Gasteiger partial charge in [-0.05, 0) is 25.7 Å². The molecule has 0 heterocycles. The number of amides is 3. The van der Waals surface area contributed by atoms with Gasteiger partial charge in [-0.3, -0.25) is 14.4 Å². The van der Waals surface area contributed by atoms with E-state index in [-0.39, 0.29) is 76.6 Å². The van der Waals surface area contributed by atoms with E-state index in [1.54, 1.807) is 13.8 Å². The van der Waals surface area contributed by atoms with Crippen LogP contribution in [0.15, 0.2) is 0 Å². The van der Waals surface area contributed by atoms with Crippen molar-refractivity contribution >= 4 is 35.8 Å². The van der Waals surface area contributed by atoms with E-state index in [1.807, 2.05) is 0 Å². The lowest BCUT2D eigenvalue weighted by Gasteiger charge is -2.18. The molecular formula is C23H39N3O12. The molecule has 0 radical (unpaired) electrons. The quantitative estimate of drug-likeness (QED) is 0.0772. The molecule has 218 valence electrons. The van der Waals surface area contributed by atoms with Gasteiger partial charge >= 0.3 is 29.9 Å². The Balaban J connectivity index is 3.97. The zero-order chi connectivity index (χ0) is 28.9. The third-order valence-electron chi connectivity index (χ3n) is 4.88. The Labute approximate surface area is 220 Å². The number of ether oxygens (including phenoxy) is 3. The summed E-state index contributed by atoms with van der Waals surface area (Å²) in [5.41, 5.74) is 0. The maximum Gasteiger partial charge on any atom is 0.326 e. The van der Waals surface area contributed by atoms with Crippen LogP contribution < -0.4 is 16.0 Å². The molecule has 0 saturated heterocycles. The van der Waals surface area contributed by atoms with E-state index in [1.165, 1.54) is 0 Å². The van der Waals surface area contributed by atoms with E-state index in [9.17, 15) is 33.9 Å². The molecule has 0 saturated carbocycles. The highest BCUT2D eigenvalue weighted by molar-refractivity contribution is 5.86. The Kier molecular flexibility index (Phi) is 18.7. The number of hydrogen-bond acceptors (Lipinski definition) is 9. The van der Waals surface area contributed by atoms with E-state index < -0.39 is 42.4 Å². The number of carboxylic acid groups (broad SMARTS) is 3. The molecule has 38 heavy (non-hydrogen) atoms. The minimum Gasteiger partial charge on any atom is -0.481 e. The molecule has 0 fully saturated rings. The number of rotatable bonds is 22. The monoisotopic (exact) mass is 549 g/mol. The zero-order valence-corrected chi connectivity index (χ0v) is 21.7. The molecule has 0 aromatic heterocycles. The fourth-order valence-corrected chi connectivity index (χ4v) is 2.79. The number of esters is 1. The average molecular weight is 550 g/mol. The standard InChI is InChI=1S/C23H39N3O12/c1-15(2)22(34)38-14-13-37-12-11-36-10-8-18(27)24-9-4-3-5-16(20(30)31)25-23(35)26-17(21(32)33)6-7-19(28)29/h15-17H,3-14H2,1-2H3,(H,24,27)(H,28,29)(H,30,31)(H,32,33)(H2,25,26,35)/t16-,17-/m0/s1. The highest BCUT2D eigenvalue weighted by Crippen LogP contribution is 2.03. The lowest BCUT2D eigenvalue weighted by Crippen LogP contribution is -2.51. The number of carboxylic acids is 3. The van der Waals surface area contributed by atoms with E-state index in [4.69, 9.17) is 24.4 Å². The summed E-state index contributed by atoms with van der Waals surface area (Å²) in [4.78, 5) is 68.2. The third-order valence-corrected chi connectivity index (χ3v) is 4.88. The second-order valence-corrected chi connectivity index (χ2v) is 8.47. The first-order valence-electron chi connectivity index (χ1n) is 12.3. The summed E-state index contributed by atoms with van der Waals surface area (Å²) in [5.74, 6) is -4.73. The second-order valence-electron chi connectivity index (χ2n) is 8.47. The summed E-state index contributed by atoms with van der Waals surface area (Å²) in [5, 5.41) is 33.9. The van der Waals surface area contributed by atoms with Crippen molar-refractivity contribution < 1.29 is 58.3 Å². The summed E-state index contributed by atoms with van der Waals surface area (Å²) >= 11 is 0. The van der Waals surface area contributed by atoms with Crippen LogP contribution in [0.25, 0.3) is 0 Å². The number of urea groups is 1. The molecule has 0 rings (SSSR count). The van der Waals surface area contributed by atoms with Gasteiger partial charge in [-0.15, -0.1) is 0 Å². The molecule has 0 aromatic carbocycles. The van der Waals surface area contributed by atoms with Gasteiger partial charge in [0.1, 0.15) is 18.7 Å². The highest BCUT2D eigenvalue weighted by atomic mass is 16.6. The van der Waals surface area contributed by atoms with Crippen LogP contribution >= 0.6 is 0 Å². The van der Waals surface area contributed by atoms with Crippen molar-refractivity contribution in [3.8, 4) is 0 Å². The number of nitrogens with one attached hydrogen (secondary N) is 3.